The van der Waals surface area contributed by atoms with Crippen molar-refractivity contribution in [3.63, 3.8) is 0 Å². The first-order chi connectivity index (χ1) is 15.5. The topological polar surface area (TPSA) is 23.6 Å². The fraction of sp³-hybridized carbons (Fsp3) is 0.464. The van der Waals surface area contributed by atoms with Crippen LogP contribution >= 0.6 is 11.3 Å². The molecule has 1 atom stereocenters. The van der Waals surface area contributed by atoms with Gasteiger partial charge in [-0.1, -0.05) is 30.3 Å². The van der Waals surface area contributed by atoms with Crippen molar-refractivity contribution in [2.24, 2.45) is 5.92 Å². The smallest absolute Gasteiger partial charge is 0.227 e. The summed E-state index contributed by atoms with van der Waals surface area (Å²) in [6.07, 6.45) is 5.18. The van der Waals surface area contributed by atoms with Crippen molar-refractivity contribution in [2.75, 3.05) is 32.7 Å². The van der Waals surface area contributed by atoms with Crippen molar-refractivity contribution >= 4 is 27.3 Å². The molecule has 4 heteroatoms. The first kappa shape index (κ1) is 21.7. The first-order valence-corrected chi connectivity index (χ1v) is 12.9. The number of hydrogen-bond acceptors (Lipinski definition) is 3. The highest BCUT2D eigenvalue weighted by atomic mass is 32.1. The third-order valence-electron chi connectivity index (χ3n) is 7.39. The van der Waals surface area contributed by atoms with E-state index in [0.29, 0.717) is 18.2 Å². The van der Waals surface area contributed by atoms with Gasteiger partial charge < -0.3 is 9.80 Å². The average Bonchev–Trinajstić information content (AvgIpc) is 3.15. The zero-order chi connectivity index (χ0) is 22.1. The van der Waals surface area contributed by atoms with Crippen LogP contribution in [0.1, 0.15) is 40.0 Å². The largest absolute Gasteiger partial charge is 0.342 e. The molecule has 2 aliphatic rings. The highest BCUT2D eigenvalue weighted by Gasteiger charge is 2.26. The van der Waals surface area contributed by atoms with Gasteiger partial charge in [0, 0.05) is 35.8 Å². The standard InChI is InChI=1S/C28H34N2OS/c1-20-14-23-9-13-30(28(31)17-25(23)15-21(20)2)19-22-6-5-11-29(18-22)12-10-26-16-24-7-3-4-8-27(24)32-26/h3-4,7-8,14-16,22H,5-6,9-13,17-19H2,1-2H3. The number of carbonyl (C=O) groups is 1. The maximum absolute atomic E-state index is 13.0. The van der Waals surface area contributed by atoms with E-state index in [0.717, 1.165) is 39.0 Å². The Bertz CT molecular complexity index is 1080. The lowest BCUT2D eigenvalue weighted by molar-refractivity contribution is -0.131. The van der Waals surface area contributed by atoms with E-state index in [4.69, 9.17) is 0 Å². The van der Waals surface area contributed by atoms with Crippen molar-refractivity contribution in [3.05, 3.63) is 69.6 Å². The van der Waals surface area contributed by atoms with Gasteiger partial charge in [0.25, 0.3) is 0 Å². The maximum Gasteiger partial charge on any atom is 0.227 e. The number of thiophene rings is 1. The third kappa shape index (κ3) is 4.77. The molecular weight excluding hydrogens is 412 g/mol. The summed E-state index contributed by atoms with van der Waals surface area (Å²) in [6.45, 7) is 9.56. The van der Waals surface area contributed by atoms with Gasteiger partial charge in [-0.3, -0.25) is 4.79 Å². The molecule has 1 amide bonds. The molecule has 0 aliphatic carbocycles. The molecule has 0 bridgehead atoms. The molecule has 2 aromatic carbocycles. The van der Waals surface area contributed by atoms with Gasteiger partial charge in [0.15, 0.2) is 0 Å². The molecule has 0 radical (unpaired) electrons. The molecule has 0 spiro atoms. The molecular formula is C28H34N2OS. The SMILES string of the molecule is Cc1cc2c(cc1C)CC(=O)N(CC1CCCN(CCc3cc4ccccc4s3)C1)CC2. The molecule has 0 saturated carbocycles. The Balaban J connectivity index is 1.17. The molecule has 5 rings (SSSR count). The van der Waals surface area contributed by atoms with E-state index in [-0.39, 0.29) is 0 Å². The predicted octanol–water partition coefficient (Wildman–Crippen LogP) is 5.40. The van der Waals surface area contributed by atoms with Gasteiger partial charge >= 0.3 is 0 Å². The predicted molar refractivity (Wildman–Crippen MR) is 135 cm³/mol. The van der Waals surface area contributed by atoms with Crippen LogP contribution in [0.3, 0.4) is 0 Å². The Kier molecular flexibility index (Phi) is 6.34. The van der Waals surface area contributed by atoms with Crippen molar-refractivity contribution in [1.29, 1.82) is 0 Å². The molecule has 1 saturated heterocycles. The summed E-state index contributed by atoms with van der Waals surface area (Å²) in [4.78, 5) is 19.3. The summed E-state index contributed by atoms with van der Waals surface area (Å²) in [7, 11) is 0. The van der Waals surface area contributed by atoms with E-state index in [2.05, 4.69) is 66.1 Å². The van der Waals surface area contributed by atoms with Crippen LogP contribution in [0, 0.1) is 19.8 Å². The van der Waals surface area contributed by atoms with Crippen molar-refractivity contribution in [2.45, 2.75) is 46.0 Å². The van der Waals surface area contributed by atoms with Gasteiger partial charge in [-0.25, -0.2) is 0 Å². The summed E-state index contributed by atoms with van der Waals surface area (Å²) >= 11 is 1.93. The number of aryl methyl sites for hydroxylation is 2. The molecule has 1 unspecified atom stereocenters. The molecule has 3 aromatic rings. The zero-order valence-electron chi connectivity index (χ0n) is 19.4. The van der Waals surface area contributed by atoms with Crippen molar-refractivity contribution in [1.82, 2.24) is 9.80 Å². The monoisotopic (exact) mass is 446 g/mol. The number of likely N-dealkylation sites (tertiary alicyclic amines) is 1. The van der Waals surface area contributed by atoms with E-state index in [1.54, 1.807) is 0 Å². The van der Waals surface area contributed by atoms with Gasteiger partial charge in [-0.2, -0.15) is 0 Å². The van der Waals surface area contributed by atoms with E-state index >= 15 is 0 Å². The Labute approximate surface area is 196 Å². The van der Waals surface area contributed by atoms with Gasteiger partial charge in [0.1, 0.15) is 0 Å². The second-order valence-electron chi connectivity index (χ2n) is 9.78. The van der Waals surface area contributed by atoms with Gasteiger partial charge in [-0.05, 0) is 91.8 Å². The van der Waals surface area contributed by atoms with Gasteiger partial charge in [-0.15, -0.1) is 11.3 Å². The number of rotatable bonds is 5. The number of piperidine rings is 1. The van der Waals surface area contributed by atoms with Crippen molar-refractivity contribution in [3.8, 4) is 0 Å². The summed E-state index contributed by atoms with van der Waals surface area (Å²) in [5, 5.41) is 1.37. The Hall–Kier alpha value is -2.17. The van der Waals surface area contributed by atoms with Crippen molar-refractivity contribution < 1.29 is 4.79 Å². The third-order valence-corrected chi connectivity index (χ3v) is 8.57. The summed E-state index contributed by atoms with van der Waals surface area (Å²) in [5.41, 5.74) is 5.25. The number of fused-ring (bicyclic) bond motifs is 2. The lowest BCUT2D eigenvalue weighted by atomic mass is 9.97. The Morgan fingerprint density at radius 2 is 1.84 bits per heavy atom. The highest BCUT2D eigenvalue weighted by molar-refractivity contribution is 7.19. The number of carbonyl (C=O) groups excluding carboxylic acids is 1. The Morgan fingerprint density at radius 3 is 2.69 bits per heavy atom. The number of benzene rings is 2. The second-order valence-corrected chi connectivity index (χ2v) is 10.9. The number of nitrogens with zero attached hydrogens (tertiary/aromatic N) is 2. The normalized spacial score (nSPS) is 19.9. The molecule has 3 nitrogen and oxygen atoms in total. The van der Waals surface area contributed by atoms with Crippen LogP contribution < -0.4 is 0 Å². The fourth-order valence-corrected chi connectivity index (χ4v) is 6.48. The minimum absolute atomic E-state index is 0.314. The van der Waals surface area contributed by atoms with Crippen LogP contribution in [0.2, 0.25) is 0 Å². The van der Waals surface area contributed by atoms with Crippen LogP contribution in [-0.2, 0) is 24.1 Å². The lowest BCUT2D eigenvalue weighted by Gasteiger charge is -2.35. The molecule has 3 heterocycles. The molecule has 0 N–H and O–H groups in total. The van der Waals surface area contributed by atoms with E-state index in [1.165, 1.54) is 56.6 Å². The van der Waals surface area contributed by atoms with Crippen LogP contribution in [0.15, 0.2) is 42.5 Å². The average molecular weight is 447 g/mol. The Morgan fingerprint density at radius 1 is 1.03 bits per heavy atom. The molecule has 2 aliphatic heterocycles. The molecule has 1 fully saturated rings. The van der Waals surface area contributed by atoms with Crippen LogP contribution in [0.25, 0.3) is 10.1 Å². The summed E-state index contributed by atoms with van der Waals surface area (Å²) in [6, 6.07) is 15.6. The molecule has 168 valence electrons. The maximum atomic E-state index is 13.0. The van der Waals surface area contributed by atoms with Crippen LogP contribution in [0.4, 0.5) is 0 Å². The highest BCUT2D eigenvalue weighted by Crippen LogP contribution is 2.27. The molecule has 32 heavy (non-hydrogen) atoms. The van der Waals surface area contributed by atoms with Crippen LogP contribution in [-0.4, -0.2) is 48.4 Å². The second kappa shape index (κ2) is 9.36. The minimum Gasteiger partial charge on any atom is -0.342 e. The summed E-state index contributed by atoms with van der Waals surface area (Å²) < 4.78 is 1.39. The van der Waals surface area contributed by atoms with Crippen LogP contribution in [0.5, 0.6) is 0 Å². The van der Waals surface area contributed by atoms with E-state index in [1.807, 2.05) is 11.3 Å². The first-order valence-electron chi connectivity index (χ1n) is 12.1. The zero-order valence-corrected chi connectivity index (χ0v) is 20.2. The summed E-state index contributed by atoms with van der Waals surface area (Å²) in [5.74, 6) is 0.911. The quantitative estimate of drug-likeness (QED) is 0.524. The van der Waals surface area contributed by atoms with Gasteiger partial charge in [0.2, 0.25) is 5.91 Å². The molecule has 1 aromatic heterocycles. The number of hydrogen-bond donors (Lipinski definition) is 0. The lowest BCUT2D eigenvalue weighted by Crippen LogP contribution is -2.43. The number of amides is 1. The fourth-order valence-electron chi connectivity index (χ4n) is 5.42. The van der Waals surface area contributed by atoms with E-state index in [9.17, 15) is 4.79 Å². The minimum atomic E-state index is 0.314. The van der Waals surface area contributed by atoms with Gasteiger partial charge in [0.05, 0.1) is 6.42 Å². The van der Waals surface area contributed by atoms with E-state index < -0.39 is 0 Å².